The van der Waals surface area contributed by atoms with Crippen molar-refractivity contribution in [3.8, 4) is 0 Å². The lowest BCUT2D eigenvalue weighted by Crippen LogP contribution is -2.32. The third-order valence-electron chi connectivity index (χ3n) is 4.10. The predicted octanol–water partition coefficient (Wildman–Crippen LogP) is 3.71. The number of hydrogen-bond donors (Lipinski definition) is 1. The van der Waals surface area contributed by atoms with Crippen molar-refractivity contribution in [1.29, 1.82) is 0 Å². The Kier molecular flexibility index (Phi) is 2.90. The van der Waals surface area contributed by atoms with Gasteiger partial charge in [0.05, 0.1) is 0 Å². The molecule has 1 unspecified atom stereocenters. The first-order valence-electron chi connectivity index (χ1n) is 6.69. The first-order valence-corrected chi connectivity index (χ1v) is 6.69. The van der Waals surface area contributed by atoms with Crippen LogP contribution in [0.15, 0.2) is 42.5 Å². The van der Waals surface area contributed by atoms with E-state index in [0.717, 1.165) is 24.0 Å². The Hall–Kier alpha value is -1.67. The van der Waals surface area contributed by atoms with Crippen molar-refractivity contribution in [2.45, 2.75) is 31.8 Å². The summed E-state index contributed by atoms with van der Waals surface area (Å²) in [7, 11) is 0. The van der Waals surface area contributed by atoms with Gasteiger partial charge in [0.25, 0.3) is 0 Å². The molecule has 0 saturated carbocycles. The fraction of sp³-hybridized carbons (Fsp3) is 0.294. The molecule has 19 heavy (non-hydrogen) atoms. The van der Waals surface area contributed by atoms with Crippen LogP contribution in [0.5, 0.6) is 0 Å². The van der Waals surface area contributed by atoms with E-state index >= 15 is 0 Å². The van der Waals surface area contributed by atoms with Gasteiger partial charge in [0.2, 0.25) is 0 Å². The highest BCUT2D eigenvalue weighted by molar-refractivity contribution is 5.43. The lowest BCUT2D eigenvalue weighted by molar-refractivity contribution is 0.0612. The quantitative estimate of drug-likeness (QED) is 0.824. The summed E-state index contributed by atoms with van der Waals surface area (Å²) in [5.41, 5.74) is 2.30. The summed E-state index contributed by atoms with van der Waals surface area (Å²) in [6.45, 7) is 1.73. The molecule has 0 fully saturated rings. The summed E-state index contributed by atoms with van der Waals surface area (Å²) < 4.78 is 13.8. The number of halogens is 1. The Balaban J connectivity index is 2.16. The van der Waals surface area contributed by atoms with Crippen LogP contribution < -0.4 is 0 Å². The predicted molar refractivity (Wildman–Crippen MR) is 73.5 cm³/mol. The zero-order chi connectivity index (χ0) is 13.5. The maximum Gasteiger partial charge on any atom is 0.126 e. The molecule has 0 amide bonds. The molecule has 0 spiro atoms. The molecule has 0 radical (unpaired) electrons. The van der Waals surface area contributed by atoms with Crippen molar-refractivity contribution < 1.29 is 9.50 Å². The lowest BCUT2D eigenvalue weighted by atomic mass is 9.75. The van der Waals surface area contributed by atoms with Crippen LogP contribution in [-0.4, -0.2) is 5.11 Å². The molecule has 0 aliphatic heterocycles. The van der Waals surface area contributed by atoms with Gasteiger partial charge in [-0.25, -0.2) is 4.39 Å². The monoisotopic (exact) mass is 256 g/mol. The molecule has 3 rings (SSSR count). The molecule has 1 aliphatic carbocycles. The molecule has 2 aromatic carbocycles. The van der Waals surface area contributed by atoms with Gasteiger partial charge >= 0.3 is 0 Å². The Morgan fingerprint density at radius 2 is 1.95 bits per heavy atom. The van der Waals surface area contributed by atoms with Gasteiger partial charge in [-0.15, -0.1) is 0 Å². The Morgan fingerprint density at radius 1 is 1.16 bits per heavy atom. The van der Waals surface area contributed by atoms with Crippen molar-refractivity contribution >= 4 is 0 Å². The van der Waals surface area contributed by atoms with Gasteiger partial charge in [-0.2, -0.15) is 0 Å². The van der Waals surface area contributed by atoms with Crippen LogP contribution in [0.4, 0.5) is 4.39 Å². The average Bonchev–Trinajstić information content (AvgIpc) is 2.42. The van der Waals surface area contributed by atoms with Crippen LogP contribution in [0.25, 0.3) is 0 Å². The van der Waals surface area contributed by atoms with Crippen LogP contribution in [-0.2, 0) is 12.0 Å². The normalized spacial score (nSPS) is 22.1. The number of hydrogen-bond acceptors (Lipinski definition) is 1. The molecule has 1 atom stereocenters. The molecule has 1 nitrogen and oxygen atoms in total. The fourth-order valence-corrected chi connectivity index (χ4v) is 2.96. The van der Waals surface area contributed by atoms with Crippen molar-refractivity contribution in [3.63, 3.8) is 0 Å². The van der Waals surface area contributed by atoms with E-state index in [2.05, 4.69) is 0 Å². The Bertz CT molecular complexity index is 620. The highest BCUT2D eigenvalue weighted by atomic mass is 19.1. The number of rotatable bonds is 1. The van der Waals surface area contributed by atoms with Crippen LogP contribution in [0, 0.1) is 12.7 Å². The van der Waals surface area contributed by atoms with E-state index in [9.17, 15) is 9.50 Å². The number of aryl methyl sites for hydroxylation is 2. The molecule has 0 saturated heterocycles. The highest BCUT2D eigenvalue weighted by Crippen LogP contribution is 2.40. The maximum absolute atomic E-state index is 13.8. The number of fused-ring (bicyclic) bond motifs is 1. The summed E-state index contributed by atoms with van der Waals surface area (Å²) in [5.74, 6) is -0.256. The van der Waals surface area contributed by atoms with Crippen molar-refractivity contribution in [2.24, 2.45) is 0 Å². The molecule has 2 aromatic rings. The topological polar surface area (TPSA) is 20.2 Å². The van der Waals surface area contributed by atoms with Gasteiger partial charge in [0.15, 0.2) is 0 Å². The minimum absolute atomic E-state index is 0.256. The second-order valence-electron chi connectivity index (χ2n) is 5.33. The van der Waals surface area contributed by atoms with E-state index in [1.165, 1.54) is 6.07 Å². The standard InChI is InChI=1S/C17H17FO/c1-12-8-9-14(11-16(12)18)17(19)10-4-6-13-5-2-3-7-15(13)17/h2-3,5,7-9,11,19H,4,6,10H2,1H3. The molecule has 0 bridgehead atoms. The van der Waals surface area contributed by atoms with E-state index < -0.39 is 5.60 Å². The van der Waals surface area contributed by atoms with Gasteiger partial charge in [-0.1, -0.05) is 36.4 Å². The first kappa shape index (κ1) is 12.4. The van der Waals surface area contributed by atoms with Gasteiger partial charge in [-0.3, -0.25) is 0 Å². The van der Waals surface area contributed by atoms with Crippen LogP contribution in [0.3, 0.4) is 0 Å². The molecular formula is C17H17FO. The summed E-state index contributed by atoms with van der Waals surface area (Å²) >= 11 is 0. The first-order chi connectivity index (χ1) is 9.11. The minimum Gasteiger partial charge on any atom is -0.380 e. The van der Waals surface area contributed by atoms with Gasteiger partial charge < -0.3 is 5.11 Å². The van der Waals surface area contributed by atoms with Crippen molar-refractivity contribution in [1.82, 2.24) is 0 Å². The second kappa shape index (κ2) is 4.46. The van der Waals surface area contributed by atoms with Crippen LogP contribution in [0.2, 0.25) is 0 Å². The van der Waals surface area contributed by atoms with Crippen LogP contribution in [0.1, 0.15) is 35.1 Å². The molecule has 1 aliphatic rings. The van der Waals surface area contributed by atoms with E-state index in [4.69, 9.17) is 0 Å². The smallest absolute Gasteiger partial charge is 0.126 e. The number of aliphatic hydroxyl groups is 1. The van der Waals surface area contributed by atoms with Gasteiger partial charge in [0.1, 0.15) is 11.4 Å². The molecule has 98 valence electrons. The molecule has 1 N–H and O–H groups in total. The molecule has 0 heterocycles. The molecular weight excluding hydrogens is 239 g/mol. The maximum atomic E-state index is 13.8. The SMILES string of the molecule is Cc1ccc(C2(O)CCCc3ccccc32)cc1F. The molecule has 0 aromatic heterocycles. The second-order valence-corrected chi connectivity index (χ2v) is 5.33. The average molecular weight is 256 g/mol. The van der Waals surface area contributed by atoms with E-state index in [0.29, 0.717) is 17.5 Å². The third-order valence-corrected chi connectivity index (χ3v) is 4.10. The van der Waals surface area contributed by atoms with Crippen LogP contribution >= 0.6 is 0 Å². The Labute approximate surface area is 112 Å². The largest absolute Gasteiger partial charge is 0.380 e. The van der Waals surface area contributed by atoms with Gasteiger partial charge in [-0.05, 0) is 54.5 Å². The minimum atomic E-state index is -1.05. The van der Waals surface area contributed by atoms with Crippen molar-refractivity contribution in [3.05, 3.63) is 70.5 Å². The Morgan fingerprint density at radius 3 is 2.74 bits per heavy atom. The number of benzene rings is 2. The fourth-order valence-electron chi connectivity index (χ4n) is 2.96. The summed E-state index contributed by atoms with van der Waals surface area (Å²) in [6.07, 6.45) is 2.54. The summed E-state index contributed by atoms with van der Waals surface area (Å²) in [4.78, 5) is 0. The summed E-state index contributed by atoms with van der Waals surface area (Å²) in [5, 5.41) is 11.0. The zero-order valence-electron chi connectivity index (χ0n) is 11.0. The molecule has 2 heteroatoms. The highest BCUT2D eigenvalue weighted by Gasteiger charge is 2.36. The third kappa shape index (κ3) is 1.96. The van der Waals surface area contributed by atoms with E-state index in [-0.39, 0.29) is 5.82 Å². The van der Waals surface area contributed by atoms with E-state index in [1.807, 2.05) is 30.3 Å². The lowest BCUT2D eigenvalue weighted by Gasteiger charge is -2.35. The summed E-state index contributed by atoms with van der Waals surface area (Å²) in [6, 6.07) is 13.0. The van der Waals surface area contributed by atoms with Gasteiger partial charge in [0, 0.05) is 0 Å². The zero-order valence-corrected chi connectivity index (χ0v) is 11.0. The van der Waals surface area contributed by atoms with E-state index in [1.54, 1.807) is 13.0 Å². The van der Waals surface area contributed by atoms with Crippen molar-refractivity contribution in [2.75, 3.05) is 0 Å².